The zero-order valence-corrected chi connectivity index (χ0v) is 15.4. The van der Waals surface area contributed by atoms with Gasteiger partial charge in [0.15, 0.2) is 4.80 Å². The van der Waals surface area contributed by atoms with E-state index >= 15 is 0 Å². The summed E-state index contributed by atoms with van der Waals surface area (Å²) < 4.78 is 26.9. The molecule has 5 nitrogen and oxygen atoms in total. The first-order valence-corrected chi connectivity index (χ1v) is 8.91. The molecule has 0 N–H and O–H groups in total. The molecule has 26 heavy (non-hydrogen) atoms. The number of hydrogen-bond acceptors (Lipinski definition) is 4. The van der Waals surface area contributed by atoms with Crippen molar-refractivity contribution < 1.29 is 18.7 Å². The number of carbonyl (C=O) groups excluding carboxylic acids is 1. The molecule has 3 aromatic rings. The fourth-order valence-electron chi connectivity index (χ4n) is 2.63. The van der Waals surface area contributed by atoms with Gasteiger partial charge in [-0.1, -0.05) is 29.5 Å². The van der Waals surface area contributed by atoms with E-state index in [1.54, 1.807) is 37.0 Å². The molecule has 0 saturated heterocycles. The van der Waals surface area contributed by atoms with Crippen LogP contribution in [0.5, 0.6) is 5.75 Å². The van der Waals surface area contributed by atoms with Crippen molar-refractivity contribution in [3.63, 3.8) is 0 Å². The summed E-state index contributed by atoms with van der Waals surface area (Å²) in [6.07, 6.45) is 0.172. The second-order valence-electron chi connectivity index (χ2n) is 5.65. The molecule has 0 aliphatic carbocycles. The Kier molecular flexibility index (Phi) is 5.80. The number of nitrogens with zero attached hydrogens (tertiary/aromatic N) is 2. The Labute approximate surface area is 154 Å². The largest absolute Gasteiger partial charge is 0.497 e. The zero-order chi connectivity index (χ0) is 18.5. The van der Waals surface area contributed by atoms with E-state index in [2.05, 4.69) is 4.99 Å². The third-order valence-electron chi connectivity index (χ3n) is 3.91. The quantitative estimate of drug-likeness (QED) is 0.666. The summed E-state index contributed by atoms with van der Waals surface area (Å²) in [4.78, 5) is 17.1. The standard InChI is InChI=1S/C19H19FN2O3S/c1-24-11-10-22-18-15(20)4-3-5-16(18)26-19(22)21-17(23)12-13-6-8-14(25-2)9-7-13/h3-9H,10-12H2,1-2H3. The average molecular weight is 374 g/mol. The molecule has 7 heteroatoms. The van der Waals surface area contributed by atoms with Crippen LogP contribution in [0.4, 0.5) is 4.39 Å². The first-order chi connectivity index (χ1) is 12.6. The first kappa shape index (κ1) is 18.3. The Hall–Kier alpha value is -2.51. The van der Waals surface area contributed by atoms with Gasteiger partial charge in [0, 0.05) is 13.7 Å². The summed E-state index contributed by atoms with van der Waals surface area (Å²) in [5, 5.41) is 0. The highest BCUT2D eigenvalue weighted by Crippen LogP contribution is 2.20. The molecule has 1 amide bonds. The molecule has 0 spiro atoms. The number of para-hydroxylation sites is 1. The average Bonchev–Trinajstić information content (AvgIpc) is 2.98. The first-order valence-electron chi connectivity index (χ1n) is 8.09. The Balaban J connectivity index is 1.94. The smallest absolute Gasteiger partial charge is 0.252 e. The number of ether oxygens (including phenoxy) is 2. The molecule has 3 rings (SSSR count). The Morgan fingerprint density at radius 3 is 2.65 bits per heavy atom. The van der Waals surface area contributed by atoms with Crippen molar-refractivity contribution in [2.24, 2.45) is 4.99 Å². The molecule has 0 atom stereocenters. The molecular formula is C19H19FN2O3S. The van der Waals surface area contributed by atoms with E-state index in [-0.39, 0.29) is 18.1 Å². The summed E-state index contributed by atoms with van der Waals surface area (Å²) >= 11 is 1.29. The second kappa shape index (κ2) is 8.25. The van der Waals surface area contributed by atoms with Crippen molar-refractivity contribution in [2.75, 3.05) is 20.8 Å². The molecule has 136 valence electrons. The normalized spacial score (nSPS) is 11.9. The summed E-state index contributed by atoms with van der Waals surface area (Å²) in [6, 6.07) is 12.1. The van der Waals surface area contributed by atoms with E-state index in [1.807, 2.05) is 18.2 Å². The number of rotatable bonds is 6. The Morgan fingerprint density at radius 1 is 1.19 bits per heavy atom. The lowest BCUT2D eigenvalue weighted by atomic mass is 10.1. The van der Waals surface area contributed by atoms with E-state index in [4.69, 9.17) is 9.47 Å². The van der Waals surface area contributed by atoms with Gasteiger partial charge in [-0.15, -0.1) is 0 Å². The van der Waals surface area contributed by atoms with Crippen molar-refractivity contribution in [1.82, 2.24) is 4.57 Å². The van der Waals surface area contributed by atoms with E-state index in [1.165, 1.54) is 17.4 Å². The van der Waals surface area contributed by atoms with Gasteiger partial charge in [0.25, 0.3) is 5.91 Å². The number of methoxy groups -OCH3 is 2. The lowest BCUT2D eigenvalue weighted by Gasteiger charge is -2.05. The maximum Gasteiger partial charge on any atom is 0.252 e. The van der Waals surface area contributed by atoms with Crippen molar-refractivity contribution >= 4 is 27.5 Å². The van der Waals surface area contributed by atoms with Crippen LogP contribution in [0.3, 0.4) is 0 Å². The molecular weight excluding hydrogens is 355 g/mol. The van der Waals surface area contributed by atoms with E-state index in [0.29, 0.717) is 23.5 Å². The topological polar surface area (TPSA) is 52.8 Å². The number of carbonyl (C=O) groups is 1. The minimum atomic E-state index is -0.334. The van der Waals surface area contributed by atoms with Gasteiger partial charge < -0.3 is 14.0 Å². The fourth-order valence-corrected chi connectivity index (χ4v) is 3.71. The highest BCUT2D eigenvalue weighted by molar-refractivity contribution is 7.16. The van der Waals surface area contributed by atoms with Crippen LogP contribution in [0, 0.1) is 5.82 Å². The molecule has 0 fully saturated rings. The van der Waals surface area contributed by atoms with Crippen LogP contribution < -0.4 is 9.54 Å². The number of halogens is 1. The Morgan fingerprint density at radius 2 is 1.96 bits per heavy atom. The number of amides is 1. The Bertz CT molecular complexity index is 977. The summed E-state index contributed by atoms with van der Waals surface area (Å²) in [6.45, 7) is 0.826. The van der Waals surface area contributed by atoms with Gasteiger partial charge in [-0.25, -0.2) is 4.39 Å². The molecule has 0 aliphatic heterocycles. The SMILES string of the molecule is COCCn1c(=NC(=O)Cc2ccc(OC)cc2)sc2cccc(F)c21. The van der Waals surface area contributed by atoms with Crippen molar-refractivity contribution in [3.8, 4) is 5.75 Å². The van der Waals surface area contributed by atoms with Crippen molar-refractivity contribution in [3.05, 3.63) is 58.6 Å². The third kappa shape index (κ3) is 4.00. The van der Waals surface area contributed by atoms with Gasteiger partial charge >= 0.3 is 0 Å². The van der Waals surface area contributed by atoms with Crippen LogP contribution in [-0.2, 0) is 22.5 Å². The number of aromatic nitrogens is 1. The van der Waals surface area contributed by atoms with Gasteiger partial charge in [-0.2, -0.15) is 4.99 Å². The molecule has 2 aromatic carbocycles. The van der Waals surface area contributed by atoms with Crippen molar-refractivity contribution in [2.45, 2.75) is 13.0 Å². The zero-order valence-electron chi connectivity index (χ0n) is 14.6. The van der Waals surface area contributed by atoms with E-state index in [0.717, 1.165) is 16.0 Å². The molecule has 0 radical (unpaired) electrons. The molecule has 0 aliphatic rings. The summed E-state index contributed by atoms with van der Waals surface area (Å²) in [5.41, 5.74) is 1.29. The van der Waals surface area contributed by atoms with Gasteiger partial charge in [-0.05, 0) is 29.8 Å². The molecule has 1 aromatic heterocycles. The predicted octanol–water partition coefficient (Wildman–Crippen LogP) is 3.17. The van der Waals surface area contributed by atoms with Crippen LogP contribution in [-0.4, -0.2) is 31.3 Å². The third-order valence-corrected chi connectivity index (χ3v) is 4.95. The minimum Gasteiger partial charge on any atom is -0.497 e. The maximum atomic E-state index is 14.2. The lowest BCUT2D eigenvalue weighted by molar-refractivity contribution is -0.117. The minimum absolute atomic E-state index is 0.172. The van der Waals surface area contributed by atoms with E-state index in [9.17, 15) is 9.18 Å². The summed E-state index contributed by atoms with van der Waals surface area (Å²) in [5.74, 6) is 0.114. The van der Waals surface area contributed by atoms with Crippen LogP contribution >= 0.6 is 11.3 Å². The molecule has 0 bridgehead atoms. The predicted molar refractivity (Wildman–Crippen MR) is 98.9 cm³/mol. The van der Waals surface area contributed by atoms with Crippen LogP contribution in [0.15, 0.2) is 47.5 Å². The van der Waals surface area contributed by atoms with Gasteiger partial charge in [0.1, 0.15) is 11.6 Å². The number of thiazole rings is 1. The van der Waals surface area contributed by atoms with Crippen LogP contribution in [0.2, 0.25) is 0 Å². The highest BCUT2D eigenvalue weighted by atomic mass is 32.1. The molecule has 0 saturated carbocycles. The van der Waals surface area contributed by atoms with Crippen LogP contribution in [0.1, 0.15) is 5.56 Å². The van der Waals surface area contributed by atoms with Gasteiger partial charge in [0.2, 0.25) is 0 Å². The number of benzene rings is 2. The van der Waals surface area contributed by atoms with Crippen molar-refractivity contribution in [1.29, 1.82) is 0 Å². The second-order valence-corrected chi connectivity index (χ2v) is 6.66. The monoisotopic (exact) mass is 374 g/mol. The van der Waals surface area contributed by atoms with Crippen LogP contribution in [0.25, 0.3) is 10.2 Å². The van der Waals surface area contributed by atoms with Gasteiger partial charge in [-0.3, -0.25) is 4.79 Å². The number of hydrogen-bond donors (Lipinski definition) is 0. The number of fused-ring (bicyclic) bond motifs is 1. The lowest BCUT2D eigenvalue weighted by Crippen LogP contribution is -2.20. The molecule has 0 unspecified atom stereocenters. The fraction of sp³-hybridized carbons (Fsp3) is 0.263. The summed E-state index contributed by atoms with van der Waals surface area (Å²) in [7, 11) is 3.17. The van der Waals surface area contributed by atoms with Gasteiger partial charge in [0.05, 0.1) is 30.4 Å². The highest BCUT2D eigenvalue weighted by Gasteiger charge is 2.12. The maximum absolute atomic E-state index is 14.2. The molecule has 1 heterocycles. The van der Waals surface area contributed by atoms with E-state index < -0.39 is 0 Å².